The van der Waals surface area contributed by atoms with Crippen LogP contribution in [0.2, 0.25) is 0 Å². The predicted octanol–water partition coefficient (Wildman–Crippen LogP) is 0.107. The number of nitrogens with one attached hydrogen (secondary N) is 1. The van der Waals surface area contributed by atoms with Crippen LogP contribution in [0, 0.1) is 0 Å². The van der Waals surface area contributed by atoms with Gasteiger partial charge in [-0.25, -0.2) is 17.9 Å². The molecule has 0 fully saturated rings. The Morgan fingerprint density at radius 2 is 2.05 bits per heavy atom. The van der Waals surface area contributed by atoms with Gasteiger partial charge in [0.2, 0.25) is 10.0 Å². The van der Waals surface area contributed by atoms with Gasteiger partial charge in [0, 0.05) is 18.7 Å². The summed E-state index contributed by atoms with van der Waals surface area (Å²) >= 11 is 0. The van der Waals surface area contributed by atoms with Crippen LogP contribution < -0.4 is 15.2 Å². The molecule has 0 aliphatic carbocycles. The van der Waals surface area contributed by atoms with Gasteiger partial charge in [-0.3, -0.25) is 0 Å². The Morgan fingerprint density at radius 1 is 1.40 bits per heavy atom. The second-order valence-electron chi connectivity index (χ2n) is 4.11. The lowest BCUT2D eigenvalue weighted by Crippen LogP contribution is -2.37. The summed E-state index contributed by atoms with van der Waals surface area (Å²) in [5, 5.41) is 0. The van der Waals surface area contributed by atoms with Crippen LogP contribution >= 0.6 is 0 Å². The molecule has 1 aromatic rings. The van der Waals surface area contributed by atoms with Crippen LogP contribution in [0.3, 0.4) is 0 Å². The first-order valence-electron chi connectivity index (χ1n) is 5.84. The van der Waals surface area contributed by atoms with Crippen LogP contribution in [0.4, 0.5) is 0 Å². The Morgan fingerprint density at radius 3 is 2.55 bits per heavy atom. The van der Waals surface area contributed by atoms with E-state index < -0.39 is 22.0 Å². The van der Waals surface area contributed by atoms with E-state index in [0.717, 1.165) is 0 Å². The van der Waals surface area contributed by atoms with E-state index in [0.29, 0.717) is 0 Å². The first kappa shape index (κ1) is 16.4. The zero-order valence-corrected chi connectivity index (χ0v) is 12.4. The molecular formula is C12H18N2O5S. The number of rotatable bonds is 6. The Labute approximate surface area is 118 Å². The maximum Gasteiger partial charge on any atom is 0.341 e. The molecular weight excluding hydrogens is 284 g/mol. The van der Waals surface area contributed by atoms with E-state index in [1.807, 2.05) is 0 Å². The smallest absolute Gasteiger partial charge is 0.341 e. The quantitative estimate of drug-likeness (QED) is 0.722. The molecule has 7 nitrogen and oxygen atoms in total. The summed E-state index contributed by atoms with van der Waals surface area (Å²) in [4.78, 5) is 11.5. The summed E-state index contributed by atoms with van der Waals surface area (Å²) in [5.74, 6) is -0.478. The fourth-order valence-corrected chi connectivity index (χ4v) is 2.77. The summed E-state index contributed by atoms with van der Waals surface area (Å²) in [7, 11) is -1.14. The van der Waals surface area contributed by atoms with Crippen molar-refractivity contribution >= 4 is 16.0 Å². The van der Waals surface area contributed by atoms with E-state index >= 15 is 0 Å². The van der Waals surface area contributed by atoms with E-state index in [1.54, 1.807) is 6.92 Å². The Kier molecular flexibility index (Phi) is 5.49. The molecule has 0 unspecified atom stereocenters. The van der Waals surface area contributed by atoms with Crippen molar-refractivity contribution in [2.45, 2.75) is 17.9 Å². The number of carbonyl (C=O) groups excluding carboxylic acids is 1. The van der Waals surface area contributed by atoms with Crippen LogP contribution in [-0.2, 0) is 14.8 Å². The molecule has 0 saturated carbocycles. The van der Waals surface area contributed by atoms with Gasteiger partial charge in [-0.15, -0.1) is 0 Å². The van der Waals surface area contributed by atoms with Gasteiger partial charge >= 0.3 is 5.97 Å². The highest BCUT2D eigenvalue weighted by Crippen LogP contribution is 2.23. The van der Waals surface area contributed by atoms with Crippen molar-refractivity contribution in [3.63, 3.8) is 0 Å². The van der Waals surface area contributed by atoms with Gasteiger partial charge in [0.05, 0.1) is 19.1 Å². The molecule has 1 rings (SSSR count). The summed E-state index contributed by atoms with van der Waals surface area (Å²) in [6.07, 6.45) is 0. The molecule has 0 saturated heterocycles. The number of esters is 1. The van der Waals surface area contributed by atoms with Gasteiger partial charge in [-0.1, -0.05) is 0 Å². The molecule has 0 spiro atoms. The maximum absolute atomic E-state index is 12.1. The van der Waals surface area contributed by atoms with E-state index in [2.05, 4.69) is 9.46 Å². The third-order valence-corrected chi connectivity index (χ3v) is 4.19. The monoisotopic (exact) mass is 302 g/mol. The second-order valence-corrected chi connectivity index (χ2v) is 5.83. The standard InChI is InChI=1S/C12H18N2O5S/c1-8(7-13)14-20(16,17)9-4-5-10(12(15)19-3)11(6-9)18-2/h4-6,8,14H,7,13H2,1-3H3/t8-/m0/s1. The van der Waals surface area contributed by atoms with Crippen molar-refractivity contribution in [1.82, 2.24) is 4.72 Å². The first-order chi connectivity index (χ1) is 9.35. The summed E-state index contributed by atoms with van der Waals surface area (Å²) in [5.41, 5.74) is 5.54. The van der Waals surface area contributed by atoms with Crippen molar-refractivity contribution in [2.24, 2.45) is 5.73 Å². The number of sulfonamides is 1. The average Bonchev–Trinajstić information content (AvgIpc) is 2.45. The minimum atomic E-state index is -3.72. The summed E-state index contributed by atoms with van der Waals surface area (Å²) in [6.45, 7) is 1.83. The lowest BCUT2D eigenvalue weighted by Gasteiger charge is -2.13. The van der Waals surface area contributed by atoms with Crippen LogP contribution in [0.5, 0.6) is 5.75 Å². The molecule has 112 valence electrons. The number of carbonyl (C=O) groups is 1. The molecule has 20 heavy (non-hydrogen) atoms. The normalized spacial score (nSPS) is 12.8. The van der Waals surface area contributed by atoms with Gasteiger partial charge in [0.25, 0.3) is 0 Å². The number of hydrogen-bond acceptors (Lipinski definition) is 6. The third-order valence-electron chi connectivity index (χ3n) is 2.60. The van der Waals surface area contributed by atoms with E-state index in [9.17, 15) is 13.2 Å². The van der Waals surface area contributed by atoms with Gasteiger partial charge in [0.15, 0.2) is 0 Å². The van der Waals surface area contributed by atoms with Crippen molar-refractivity contribution in [1.29, 1.82) is 0 Å². The molecule has 0 aliphatic rings. The molecule has 1 atom stereocenters. The number of hydrogen-bond donors (Lipinski definition) is 2. The maximum atomic E-state index is 12.1. The number of methoxy groups -OCH3 is 2. The fourth-order valence-electron chi connectivity index (χ4n) is 1.50. The largest absolute Gasteiger partial charge is 0.496 e. The van der Waals surface area contributed by atoms with Crippen LogP contribution in [0.15, 0.2) is 23.1 Å². The van der Waals surface area contributed by atoms with Crippen LogP contribution in [0.25, 0.3) is 0 Å². The molecule has 3 N–H and O–H groups in total. The third kappa shape index (κ3) is 3.69. The molecule has 0 aromatic heterocycles. The SMILES string of the molecule is COC(=O)c1ccc(S(=O)(=O)N[C@@H](C)CN)cc1OC. The predicted molar refractivity (Wildman–Crippen MR) is 73.2 cm³/mol. The molecule has 0 radical (unpaired) electrons. The Balaban J connectivity index is 3.19. The zero-order chi connectivity index (χ0) is 15.3. The lowest BCUT2D eigenvalue weighted by atomic mass is 10.2. The second kappa shape index (κ2) is 6.69. The van der Waals surface area contributed by atoms with E-state index in [4.69, 9.17) is 10.5 Å². The highest BCUT2D eigenvalue weighted by molar-refractivity contribution is 7.89. The minimum Gasteiger partial charge on any atom is -0.496 e. The Hall–Kier alpha value is -1.64. The average molecular weight is 302 g/mol. The lowest BCUT2D eigenvalue weighted by molar-refractivity contribution is 0.0597. The number of nitrogens with two attached hydrogens (primary N) is 1. The summed E-state index contributed by atoms with van der Waals surface area (Å²) < 4.78 is 36.2. The van der Waals surface area contributed by atoms with E-state index in [-0.39, 0.29) is 22.8 Å². The number of ether oxygens (including phenoxy) is 2. The Bertz CT molecular complexity index is 586. The molecule has 0 aliphatic heterocycles. The van der Waals surface area contributed by atoms with Crippen molar-refractivity contribution in [2.75, 3.05) is 20.8 Å². The molecule has 0 heterocycles. The first-order valence-corrected chi connectivity index (χ1v) is 7.32. The van der Waals surface area contributed by atoms with Gasteiger partial charge in [-0.2, -0.15) is 0 Å². The van der Waals surface area contributed by atoms with Crippen molar-refractivity contribution in [3.8, 4) is 5.75 Å². The van der Waals surface area contributed by atoms with Gasteiger partial charge < -0.3 is 15.2 Å². The van der Waals surface area contributed by atoms with Crippen LogP contribution in [0.1, 0.15) is 17.3 Å². The minimum absolute atomic E-state index is 0.0118. The fraction of sp³-hybridized carbons (Fsp3) is 0.417. The molecule has 8 heteroatoms. The van der Waals surface area contributed by atoms with Crippen molar-refractivity contribution in [3.05, 3.63) is 23.8 Å². The molecule has 0 bridgehead atoms. The van der Waals surface area contributed by atoms with Crippen LogP contribution in [-0.4, -0.2) is 41.2 Å². The summed E-state index contributed by atoms with van der Waals surface area (Å²) in [6, 6.07) is 3.51. The van der Waals surface area contributed by atoms with Gasteiger partial charge in [0.1, 0.15) is 11.3 Å². The number of benzene rings is 1. The van der Waals surface area contributed by atoms with Gasteiger partial charge in [-0.05, 0) is 19.1 Å². The molecule has 1 aromatic carbocycles. The van der Waals surface area contributed by atoms with Crippen molar-refractivity contribution < 1.29 is 22.7 Å². The highest BCUT2D eigenvalue weighted by Gasteiger charge is 2.20. The molecule has 0 amide bonds. The van der Waals surface area contributed by atoms with E-state index in [1.165, 1.54) is 32.4 Å². The zero-order valence-electron chi connectivity index (χ0n) is 11.5. The highest BCUT2D eigenvalue weighted by atomic mass is 32.2. The topological polar surface area (TPSA) is 108 Å².